The third kappa shape index (κ3) is 3.16. The van der Waals surface area contributed by atoms with Crippen LogP contribution in [0.2, 0.25) is 0 Å². The first-order chi connectivity index (χ1) is 13.4. The van der Waals surface area contributed by atoms with E-state index < -0.39 is 53.4 Å². The van der Waals surface area contributed by atoms with Crippen LogP contribution in [0.4, 0.5) is 35.1 Å². The summed E-state index contributed by atoms with van der Waals surface area (Å²) < 4.78 is 112. The van der Waals surface area contributed by atoms with Crippen LogP contribution in [0, 0.1) is 5.82 Å². The summed E-state index contributed by atoms with van der Waals surface area (Å²) in [4.78, 5) is 5.13. The Labute approximate surface area is 159 Å². The van der Waals surface area contributed by atoms with Crippen LogP contribution in [0.3, 0.4) is 0 Å². The van der Waals surface area contributed by atoms with E-state index in [0.717, 1.165) is 11.0 Å². The van der Waals surface area contributed by atoms with Crippen molar-refractivity contribution < 1.29 is 39.9 Å². The smallest absolute Gasteiger partial charge is 0.417 e. The van der Waals surface area contributed by atoms with Gasteiger partial charge >= 0.3 is 12.8 Å². The lowest BCUT2D eigenvalue weighted by Crippen LogP contribution is -2.40. The van der Waals surface area contributed by atoms with Crippen LogP contribution in [-0.4, -0.2) is 30.1 Å². The molecule has 0 N–H and O–H groups in total. The van der Waals surface area contributed by atoms with Crippen molar-refractivity contribution in [1.82, 2.24) is 4.90 Å². The Balaban J connectivity index is 1.85. The number of halogens is 8. The number of ether oxygens (including phenoxy) is 1. The first-order valence-corrected chi connectivity index (χ1v) is 8.43. The van der Waals surface area contributed by atoms with Crippen molar-refractivity contribution in [2.75, 3.05) is 6.54 Å². The standard InChI is InChI=1S/C18H12F8N2O/c19-11-3-1-2-10-13(11)17(22,23)5-4-16(10)8-28-7-9(18(24,25)26)6-12(14(28)27-16)29-15(20)21/h1-3,6-7,15H,4-5,8H2/t16-/m1/s1. The maximum Gasteiger partial charge on any atom is 0.417 e. The van der Waals surface area contributed by atoms with Crippen molar-refractivity contribution in [2.45, 2.75) is 37.1 Å². The van der Waals surface area contributed by atoms with Crippen LogP contribution < -0.4 is 0 Å². The summed E-state index contributed by atoms with van der Waals surface area (Å²) in [6.45, 7) is -3.77. The molecule has 3 aliphatic rings. The van der Waals surface area contributed by atoms with E-state index in [1.54, 1.807) is 0 Å². The molecular formula is C18H12F8N2O. The number of hydrogen-bond acceptors (Lipinski definition) is 3. The second-order valence-electron chi connectivity index (χ2n) is 6.93. The van der Waals surface area contributed by atoms with Crippen molar-refractivity contribution in [2.24, 2.45) is 4.99 Å². The van der Waals surface area contributed by atoms with Crippen LogP contribution in [-0.2, 0) is 16.2 Å². The molecule has 0 amide bonds. The first-order valence-electron chi connectivity index (χ1n) is 8.43. The predicted octanol–water partition coefficient (Wildman–Crippen LogP) is 5.20. The molecule has 0 aromatic heterocycles. The van der Waals surface area contributed by atoms with Gasteiger partial charge in [-0.25, -0.2) is 13.2 Å². The van der Waals surface area contributed by atoms with E-state index in [9.17, 15) is 35.1 Å². The summed E-state index contributed by atoms with van der Waals surface area (Å²) in [5.41, 5.74) is -3.84. The van der Waals surface area contributed by atoms with Gasteiger partial charge in [0.1, 0.15) is 11.4 Å². The normalized spacial score (nSPS) is 25.4. The number of allylic oxidation sites excluding steroid dienone is 2. The van der Waals surface area contributed by atoms with E-state index in [1.165, 1.54) is 12.1 Å². The fourth-order valence-corrected chi connectivity index (χ4v) is 3.90. The van der Waals surface area contributed by atoms with Crippen LogP contribution >= 0.6 is 0 Å². The Bertz CT molecular complexity index is 950. The first kappa shape index (κ1) is 19.7. The van der Waals surface area contributed by atoms with Gasteiger partial charge in [-0.05, 0) is 24.1 Å². The average Bonchev–Trinajstić information content (AvgIpc) is 2.97. The van der Waals surface area contributed by atoms with Crippen LogP contribution in [0.1, 0.15) is 24.0 Å². The van der Waals surface area contributed by atoms with Gasteiger partial charge in [0.15, 0.2) is 11.6 Å². The van der Waals surface area contributed by atoms with Gasteiger partial charge in [-0.2, -0.15) is 22.0 Å². The predicted molar refractivity (Wildman–Crippen MR) is 84.7 cm³/mol. The summed E-state index contributed by atoms with van der Waals surface area (Å²) in [5, 5.41) is 0. The zero-order valence-electron chi connectivity index (χ0n) is 14.4. The van der Waals surface area contributed by atoms with Gasteiger partial charge in [0.2, 0.25) is 0 Å². The number of rotatable bonds is 2. The fraction of sp³-hybridized carbons (Fsp3) is 0.389. The molecule has 1 aromatic rings. The fourth-order valence-electron chi connectivity index (χ4n) is 3.90. The van der Waals surface area contributed by atoms with E-state index in [4.69, 9.17) is 0 Å². The number of nitrogens with zero attached hydrogens (tertiary/aromatic N) is 2. The van der Waals surface area contributed by atoms with Gasteiger partial charge in [-0.3, -0.25) is 4.99 Å². The van der Waals surface area contributed by atoms with E-state index in [0.29, 0.717) is 12.3 Å². The highest BCUT2D eigenvalue weighted by molar-refractivity contribution is 6.00. The molecular weight excluding hydrogens is 412 g/mol. The zero-order valence-corrected chi connectivity index (χ0v) is 14.4. The van der Waals surface area contributed by atoms with E-state index in [-0.39, 0.29) is 24.4 Å². The minimum Gasteiger partial charge on any atom is -0.431 e. The quantitative estimate of drug-likeness (QED) is 0.610. The molecule has 0 fully saturated rings. The van der Waals surface area contributed by atoms with Crippen molar-refractivity contribution in [3.63, 3.8) is 0 Å². The second kappa shape index (κ2) is 6.20. The molecule has 1 atom stereocenters. The largest absolute Gasteiger partial charge is 0.431 e. The minimum absolute atomic E-state index is 0.186. The Morgan fingerprint density at radius 1 is 1.14 bits per heavy atom. The molecule has 1 aromatic carbocycles. The Kier molecular flexibility index (Phi) is 4.22. The van der Waals surface area contributed by atoms with Gasteiger partial charge in [0, 0.05) is 12.6 Å². The van der Waals surface area contributed by atoms with Crippen molar-refractivity contribution in [1.29, 1.82) is 0 Å². The highest BCUT2D eigenvalue weighted by Crippen LogP contribution is 2.52. The lowest BCUT2D eigenvalue weighted by atomic mass is 9.75. The molecule has 2 heterocycles. The molecule has 0 bridgehead atoms. The highest BCUT2D eigenvalue weighted by Gasteiger charge is 2.54. The molecule has 0 saturated carbocycles. The third-order valence-corrected chi connectivity index (χ3v) is 5.10. The zero-order chi connectivity index (χ0) is 21.2. The summed E-state index contributed by atoms with van der Waals surface area (Å²) in [6, 6.07) is 3.27. The molecule has 0 unspecified atom stereocenters. The number of benzene rings is 1. The van der Waals surface area contributed by atoms with Crippen molar-refractivity contribution >= 4 is 5.84 Å². The Morgan fingerprint density at radius 2 is 1.86 bits per heavy atom. The number of aliphatic imine (C=N–C) groups is 1. The minimum atomic E-state index is -4.86. The highest BCUT2D eigenvalue weighted by atomic mass is 19.4. The Morgan fingerprint density at radius 3 is 2.52 bits per heavy atom. The lowest BCUT2D eigenvalue weighted by Gasteiger charge is -2.37. The van der Waals surface area contributed by atoms with Gasteiger partial charge in [0.25, 0.3) is 5.92 Å². The van der Waals surface area contributed by atoms with Crippen molar-refractivity contribution in [3.8, 4) is 0 Å². The number of alkyl halides is 7. The lowest BCUT2D eigenvalue weighted by molar-refractivity contribution is -0.0981. The van der Waals surface area contributed by atoms with Gasteiger partial charge in [0.05, 0.1) is 17.7 Å². The number of fused-ring (bicyclic) bond motifs is 3. The summed E-state index contributed by atoms with van der Waals surface area (Å²) in [5.74, 6) is -5.83. The van der Waals surface area contributed by atoms with Gasteiger partial charge in [-0.15, -0.1) is 0 Å². The maximum atomic E-state index is 14.3. The SMILES string of the molecule is Fc1cccc2c1C(F)(F)CC[C@@]21CN2C=C(C(F)(F)F)C=C(OC(F)F)C2=N1. The van der Waals surface area contributed by atoms with Gasteiger partial charge in [-0.1, -0.05) is 12.1 Å². The molecule has 29 heavy (non-hydrogen) atoms. The van der Waals surface area contributed by atoms with Crippen molar-refractivity contribution in [3.05, 3.63) is 58.8 Å². The molecule has 0 saturated heterocycles. The number of hydrogen-bond donors (Lipinski definition) is 0. The van der Waals surface area contributed by atoms with E-state index in [2.05, 4.69) is 9.73 Å². The molecule has 2 aliphatic heterocycles. The van der Waals surface area contributed by atoms with E-state index in [1.807, 2.05) is 0 Å². The molecule has 1 spiro atoms. The molecule has 4 rings (SSSR count). The summed E-state index contributed by atoms with van der Waals surface area (Å²) >= 11 is 0. The summed E-state index contributed by atoms with van der Waals surface area (Å²) in [6.07, 6.45) is -4.94. The third-order valence-electron chi connectivity index (χ3n) is 5.10. The second-order valence-corrected chi connectivity index (χ2v) is 6.93. The number of amidine groups is 1. The average molecular weight is 424 g/mol. The van der Waals surface area contributed by atoms with Crippen LogP contribution in [0.5, 0.6) is 0 Å². The van der Waals surface area contributed by atoms with E-state index >= 15 is 0 Å². The van der Waals surface area contributed by atoms with Crippen LogP contribution in [0.25, 0.3) is 0 Å². The molecule has 1 aliphatic carbocycles. The van der Waals surface area contributed by atoms with Crippen LogP contribution in [0.15, 0.2) is 46.8 Å². The maximum absolute atomic E-state index is 14.3. The van der Waals surface area contributed by atoms with Gasteiger partial charge < -0.3 is 9.64 Å². The molecule has 3 nitrogen and oxygen atoms in total. The Hall–Kier alpha value is -2.59. The molecule has 156 valence electrons. The topological polar surface area (TPSA) is 24.8 Å². The molecule has 0 radical (unpaired) electrons. The monoisotopic (exact) mass is 424 g/mol. The summed E-state index contributed by atoms with van der Waals surface area (Å²) in [7, 11) is 0. The molecule has 11 heteroatoms.